The molecular weight excluding hydrogens is 246 g/mol. The van der Waals surface area contributed by atoms with Gasteiger partial charge in [-0.3, -0.25) is 0 Å². The van der Waals surface area contributed by atoms with Crippen LogP contribution in [0.2, 0.25) is 0 Å². The summed E-state index contributed by atoms with van der Waals surface area (Å²) in [4.78, 5) is 8.04. The molecule has 0 aliphatic carbocycles. The van der Waals surface area contributed by atoms with Crippen molar-refractivity contribution in [1.82, 2.24) is 14.5 Å². The van der Waals surface area contributed by atoms with Crippen molar-refractivity contribution >= 4 is 16.9 Å². The number of nitrogens with zero attached hydrogens (tertiary/aromatic N) is 4. The van der Waals surface area contributed by atoms with Gasteiger partial charge >= 0.3 is 0 Å². The average Bonchev–Trinajstić information content (AvgIpc) is 3.02. The summed E-state index contributed by atoms with van der Waals surface area (Å²) in [6.07, 6.45) is 5.80. The van der Waals surface area contributed by atoms with Gasteiger partial charge in [0.1, 0.15) is 30.0 Å². The number of hydrogen-bond donors (Lipinski definition) is 2. The molecule has 3 N–H and O–H groups in total. The van der Waals surface area contributed by atoms with Crippen molar-refractivity contribution in [2.24, 2.45) is 0 Å². The van der Waals surface area contributed by atoms with E-state index in [1.54, 1.807) is 22.9 Å². The van der Waals surface area contributed by atoms with Crippen LogP contribution < -0.4 is 5.73 Å². The molecule has 3 heterocycles. The van der Waals surface area contributed by atoms with E-state index < -0.39 is 6.23 Å². The van der Waals surface area contributed by atoms with Gasteiger partial charge in [0.25, 0.3) is 0 Å². The van der Waals surface area contributed by atoms with E-state index >= 15 is 0 Å². The van der Waals surface area contributed by atoms with Gasteiger partial charge in [0.2, 0.25) is 0 Å². The zero-order valence-corrected chi connectivity index (χ0v) is 9.89. The minimum atomic E-state index is -0.406. The molecule has 0 unspecified atom stereocenters. The second-order valence-electron chi connectivity index (χ2n) is 4.15. The zero-order valence-electron chi connectivity index (χ0n) is 9.89. The molecule has 2 aromatic heterocycles. The lowest BCUT2D eigenvalue weighted by molar-refractivity contribution is -0.00615. The summed E-state index contributed by atoms with van der Waals surface area (Å²) >= 11 is 0. The van der Waals surface area contributed by atoms with E-state index in [4.69, 9.17) is 20.8 Å². The van der Waals surface area contributed by atoms with Crippen LogP contribution in [0, 0.1) is 11.3 Å². The average molecular weight is 257 g/mol. The molecule has 0 spiro atoms. The number of nitrogens with two attached hydrogens (primary N) is 1. The maximum absolute atomic E-state index is 9.14. The second kappa shape index (κ2) is 4.35. The van der Waals surface area contributed by atoms with Gasteiger partial charge in [0.15, 0.2) is 6.23 Å². The molecule has 2 aromatic rings. The van der Waals surface area contributed by atoms with Crippen LogP contribution in [-0.2, 0) is 4.74 Å². The Bertz CT molecular complexity index is 700. The summed E-state index contributed by atoms with van der Waals surface area (Å²) in [7, 11) is 0. The van der Waals surface area contributed by atoms with Gasteiger partial charge in [-0.1, -0.05) is 6.08 Å². The number of aliphatic hydroxyl groups excluding tert-OH is 1. The summed E-state index contributed by atoms with van der Waals surface area (Å²) in [6.45, 7) is -0.0889. The number of hydrogen-bond acceptors (Lipinski definition) is 6. The van der Waals surface area contributed by atoms with Gasteiger partial charge in [-0.05, 0) is 6.08 Å². The highest BCUT2D eigenvalue weighted by Gasteiger charge is 2.23. The first-order valence-corrected chi connectivity index (χ1v) is 5.70. The maximum atomic E-state index is 9.14. The van der Waals surface area contributed by atoms with E-state index in [1.807, 2.05) is 0 Å². The molecule has 0 saturated heterocycles. The third-order valence-electron chi connectivity index (χ3n) is 3.02. The lowest BCUT2D eigenvalue weighted by Crippen LogP contribution is -2.15. The van der Waals surface area contributed by atoms with Crippen molar-refractivity contribution in [3.05, 3.63) is 30.2 Å². The number of aromatic nitrogens is 3. The van der Waals surface area contributed by atoms with Gasteiger partial charge in [-0.15, -0.1) is 0 Å². The van der Waals surface area contributed by atoms with Crippen LogP contribution in [0.25, 0.3) is 11.0 Å². The van der Waals surface area contributed by atoms with Gasteiger partial charge < -0.3 is 20.1 Å². The molecule has 96 valence electrons. The van der Waals surface area contributed by atoms with Crippen LogP contribution in [0.15, 0.2) is 24.7 Å². The SMILES string of the molecule is N#Cc1cn([C@H]2C=C[C@@H](CO)O2)c2ncnc(N)c12. The third-order valence-corrected chi connectivity index (χ3v) is 3.02. The topological polar surface area (TPSA) is 110 Å². The molecule has 7 heteroatoms. The molecule has 2 atom stereocenters. The van der Waals surface area contributed by atoms with Crippen LogP contribution in [0.4, 0.5) is 5.82 Å². The second-order valence-corrected chi connectivity index (χ2v) is 4.15. The molecular formula is C12H11N5O2. The standard InChI is InChI=1S/C12H11N5O2/c13-3-7-4-17(9-2-1-8(5-18)19-9)12-10(7)11(14)15-6-16-12/h1-2,4,6,8-9,18H,5H2,(H2,14,15,16)/t8-,9+/m0/s1. The number of aliphatic hydroxyl groups is 1. The van der Waals surface area contributed by atoms with Crippen molar-refractivity contribution in [1.29, 1.82) is 5.26 Å². The Kier molecular flexibility index (Phi) is 2.67. The van der Waals surface area contributed by atoms with Gasteiger partial charge in [0.05, 0.1) is 17.6 Å². The van der Waals surface area contributed by atoms with E-state index in [-0.39, 0.29) is 18.5 Å². The van der Waals surface area contributed by atoms with Crippen LogP contribution in [0.1, 0.15) is 11.8 Å². The lowest BCUT2D eigenvalue weighted by Gasteiger charge is -2.14. The number of fused-ring (bicyclic) bond motifs is 1. The molecule has 0 aromatic carbocycles. The van der Waals surface area contributed by atoms with Crippen molar-refractivity contribution in [3.63, 3.8) is 0 Å². The van der Waals surface area contributed by atoms with Gasteiger partial charge in [0, 0.05) is 6.20 Å². The fraction of sp³-hybridized carbons (Fsp3) is 0.250. The lowest BCUT2D eigenvalue weighted by atomic mass is 10.2. The van der Waals surface area contributed by atoms with Crippen LogP contribution in [-0.4, -0.2) is 32.4 Å². The predicted octanol–water partition coefficient (Wildman–Crippen LogP) is 0.331. The van der Waals surface area contributed by atoms with Gasteiger partial charge in [-0.2, -0.15) is 5.26 Å². The number of rotatable bonds is 2. The quantitative estimate of drug-likeness (QED) is 0.750. The fourth-order valence-corrected chi connectivity index (χ4v) is 2.14. The molecule has 1 aliphatic heterocycles. The third kappa shape index (κ3) is 1.74. The number of ether oxygens (including phenoxy) is 1. The first-order chi connectivity index (χ1) is 9.24. The smallest absolute Gasteiger partial charge is 0.155 e. The minimum Gasteiger partial charge on any atom is -0.393 e. The number of nitrogen functional groups attached to an aromatic ring is 1. The van der Waals surface area contributed by atoms with E-state index in [2.05, 4.69) is 16.0 Å². The Hall–Kier alpha value is -2.43. The molecule has 0 fully saturated rings. The Morgan fingerprint density at radius 2 is 2.32 bits per heavy atom. The maximum Gasteiger partial charge on any atom is 0.155 e. The normalized spacial score (nSPS) is 21.9. The highest BCUT2D eigenvalue weighted by molar-refractivity contribution is 5.92. The van der Waals surface area contributed by atoms with Crippen LogP contribution in [0.5, 0.6) is 0 Å². The summed E-state index contributed by atoms with van der Waals surface area (Å²) in [6, 6.07) is 2.07. The van der Waals surface area contributed by atoms with Crippen LogP contribution >= 0.6 is 0 Å². The molecule has 0 bridgehead atoms. The summed E-state index contributed by atoms with van der Waals surface area (Å²) in [5, 5.41) is 18.7. The molecule has 7 nitrogen and oxygen atoms in total. The highest BCUT2D eigenvalue weighted by atomic mass is 16.5. The Balaban J connectivity index is 2.14. The zero-order chi connectivity index (χ0) is 13.4. The molecule has 0 amide bonds. The Morgan fingerprint density at radius 1 is 1.47 bits per heavy atom. The monoisotopic (exact) mass is 257 g/mol. The number of anilines is 1. The van der Waals surface area contributed by atoms with E-state index in [0.717, 1.165) is 0 Å². The number of nitriles is 1. The largest absolute Gasteiger partial charge is 0.393 e. The van der Waals surface area contributed by atoms with Crippen molar-refractivity contribution in [2.45, 2.75) is 12.3 Å². The molecule has 0 saturated carbocycles. The van der Waals surface area contributed by atoms with Gasteiger partial charge in [-0.25, -0.2) is 9.97 Å². The highest BCUT2D eigenvalue weighted by Crippen LogP contribution is 2.29. The van der Waals surface area contributed by atoms with Crippen molar-refractivity contribution in [3.8, 4) is 6.07 Å². The van der Waals surface area contributed by atoms with E-state index in [0.29, 0.717) is 16.6 Å². The van der Waals surface area contributed by atoms with Crippen molar-refractivity contribution in [2.75, 3.05) is 12.3 Å². The predicted molar refractivity (Wildman–Crippen MR) is 66.8 cm³/mol. The van der Waals surface area contributed by atoms with E-state index in [9.17, 15) is 0 Å². The fourth-order valence-electron chi connectivity index (χ4n) is 2.14. The summed E-state index contributed by atoms with van der Waals surface area (Å²) in [5.74, 6) is 0.265. The summed E-state index contributed by atoms with van der Waals surface area (Å²) in [5.41, 5.74) is 6.72. The minimum absolute atomic E-state index is 0.0889. The van der Waals surface area contributed by atoms with E-state index in [1.165, 1.54) is 6.33 Å². The Morgan fingerprint density at radius 3 is 3.00 bits per heavy atom. The van der Waals surface area contributed by atoms with Crippen LogP contribution in [0.3, 0.4) is 0 Å². The molecule has 1 aliphatic rings. The summed E-state index contributed by atoms with van der Waals surface area (Å²) < 4.78 is 7.30. The molecule has 3 rings (SSSR count). The first-order valence-electron chi connectivity index (χ1n) is 5.70. The Labute approximate surface area is 108 Å². The van der Waals surface area contributed by atoms with Crippen molar-refractivity contribution < 1.29 is 9.84 Å². The molecule has 19 heavy (non-hydrogen) atoms. The first kappa shape index (κ1) is 11.6. The molecule has 0 radical (unpaired) electrons.